The van der Waals surface area contributed by atoms with Crippen LogP contribution in [0.1, 0.15) is 53.4 Å². The highest BCUT2D eigenvalue weighted by Crippen LogP contribution is 2.66. The van der Waals surface area contributed by atoms with E-state index in [2.05, 4.69) is 20.8 Å². The third kappa shape index (κ3) is 1.51. The van der Waals surface area contributed by atoms with Crippen LogP contribution in [0.5, 0.6) is 0 Å². The van der Waals surface area contributed by atoms with Crippen LogP contribution in [0.4, 0.5) is 4.39 Å². The zero-order valence-corrected chi connectivity index (χ0v) is 9.28. The number of hydrogen-bond acceptors (Lipinski definition) is 0. The first-order chi connectivity index (χ1) is 5.73. The van der Waals surface area contributed by atoms with E-state index in [-0.39, 0.29) is 0 Å². The van der Waals surface area contributed by atoms with E-state index in [1.165, 1.54) is 12.8 Å². The van der Waals surface area contributed by atoms with E-state index in [4.69, 9.17) is 0 Å². The molecule has 13 heavy (non-hydrogen) atoms. The molecule has 0 aliphatic heterocycles. The normalized spacial score (nSPS) is 50.1. The van der Waals surface area contributed by atoms with Gasteiger partial charge < -0.3 is 0 Å². The molecule has 0 heterocycles. The molecule has 0 unspecified atom stereocenters. The van der Waals surface area contributed by atoms with Crippen molar-refractivity contribution < 1.29 is 4.39 Å². The number of halogens is 1. The maximum absolute atomic E-state index is 13.3. The lowest BCUT2D eigenvalue weighted by atomic mass is 9.44. The van der Waals surface area contributed by atoms with Crippen molar-refractivity contribution in [2.45, 2.75) is 59.0 Å². The van der Waals surface area contributed by atoms with Crippen molar-refractivity contribution in [3.8, 4) is 0 Å². The van der Waals surface area contributed by atoms with Crippen LogP contribution in [0, 0.1) is 16.7 Å². The van der Waals surface area contributed by atoms with Gasteiger partial charge in [-0.3, -0.25) is 0 Å². The second kappa shape index (κ2) is 2.29. The van der Waals surface area contributed by atoms with Crippen molar-refractivity contribution in [3.63, 3.8) is 0 Å². The second-order valence-corrected chi connectivity index (χ2v) is 6.74. The van der Waals surface area contributed by atoms with Crippen molar-refractivity contribution in [3.05, 3.63) is 0 Å². The summed E-state index contributed by atoms with van der Waals surface area (Å²) in [4.78, 5) is 0. The summed E-state index contributed by atoms with van der Waals surface area (Å²) in [5, 5.41) is 0. The first-order valence-electron chi connectivity index (χ1n) is 5.42. The Labute approximate surface area is 80.9 Å². The molecule has 0 aromatic carbocycles. The Bertz CT molecular complexity index is 206. The molecule has 0 radical (unpaired) electrons. The molecule has 0 aromatic rings. The molecule has 0 atom stereocenters. The van der Waals surface area contributed by atoms with E-state index in [0.29, 0.717) is 10.8 Å². The Morgan fingerprint density at radius 3 is 1.92 bits per heavy atom. The average molecular weight is 184 g/mol. The molecule has 1 spiro atoms. The third-order valence-corrected chi connectivity index (χ3v) is 4.07. The molecule has 0 saturated heterocycles. The van der Waals surface area contributed by atoms with Crippen LogP contribution in [0.15, 0.2) is 0 Å². The van der Waals surface area contributed by atoms with Gasteiger partial charge in [-0.15, -0.1) is 0 Å². The molecule has 2 fully saturated rings. The molecule has 0 nitrogen and oxygen atoms in total. The summed E-state index contributed by atoms with van der Waals surface area (Å²) in [5.41, 5.74) is 0.0395. The highest BCUT2D eigenvalue weighted by Gasteiger charge is 2.60. The van der Waals surface area contributed by atoms with Gasteiger partial charge in [0.2, 0.25) is 0 Å². The van der Waals surface area contributed by atoms with Gasteiger partial charge in [-0.2, -0.15) is 0 Å². The average Bonchev–Trinajstić information content (AvgIpc) is 1.72. The number of alkyl halides is 1. The fourth-order valence-electron chi connectivity index (χ4n) is 3.40. The summed E-state index contributed by atoms with van der Waals surface area (Å²) in [7, 11) is 0. The first kappa shape index (κ1) is 9.48. The van der Waals surface area contributed by atoms with Crippen LogP contribution < -0.4 is 0 Å². The van der Waals surface area contributed by atoms with Gasteiger partial charge in [0.15, 0.2) is 0 Å². The molecule has 1 heteroatoms. The molecule has 0 amide bonds. The van der Waals surface area contributed by atoms with Gasteiger partial charge in [-0.1, -0.05) is 20.8 Å². The quantitative estimate of drug-likeness (QED) is 0.534. The zero-order chi connectivity index (χ0) is 9.91. The molecule has 0 N–H and O–H groups in total. The lowest BCUT2D eigenvalue weighted by molar-refractivity contribution is -0.152. The van der Waals surface area contributed by atoms with Crippen molar-refractivity contribution in [2.24, 2.45) is 16.7 Å². The number of hydrogen-bond donors (Lipinski definition) is 0. The van der Waals surface area contributed by atoms with Gasteiger partial charge in [0, 0.05) is 0 Å². The van der Waals surface area contributed by atoms with Crippen LogP contribution in [0.3, 0.4) is 0 Å². The molecule has 2 rings (SSSR count). The van der Waals surface area contributed by atoms with Crippen LogP contribution >= 0.6 is 0 Å². The van der Waals surface area contributed by atoms with E-state index in [1.54, 1.807) is 6.92 Å². The molecule has 0 aromatic heterocycles. The topological polar surface area (TPSA) is 0 Å². The Hall–Kier alpha value is -0.0700. The Balaban J connectivity index is 1.87. The highest BCUT2D eigenvalue weighted by atomic mass is 19.1. The smallest absolute Gasteiger partial charge is 0.109 e. The van der Waals surface area contributed by atoms with E-state index < -0.39 is 5.67 Å². The Morgan fingerprint density at radius 2 is 1.62 bits per heavy atom. The van der Waals surface area contributed by atoms with Gasteiger partial charge in [-0.05, 0) is 49.4 Å². The fraction of sp³-hybridized carbons (Fsp3) is 1.00. The Morgan fingerprint density at radius 1 is 1.15 bits per heavy atom. The standard InChI is InChI=1S/C12H21F/c1-10(2,3)9-5-12(6-9)7-11(4,13)8-12/h9H,5-8H2,1-4H3. The summed E-state index contributed by atoms with van der Waals surface area (Å²) >= 11 is 0. The van der Waals surface area contributed by atoms with Gasteiger partial charge in [0.1, 0.15) is 5.67 Å². The predicted octanol–water partition coefficient (Wildman–Crippen LogP) is 3.95. The molecule has 2 aliphatic carbocycles. The minimum Gasteiger partial charge on any atom is -0.244 e. The summed E-state index contributed by atoms with van der Waals surface area (Å²) in [5.74, 6) is 0.837. The maximum Gasteiger partial charge on any atom is 0.109 e. The summed E-state index contributed by atoms with van der Waals surface area (Å²) in [6.07, 6.45) is 4.20. The lowest BCUT2D eigenvalue weighted by Gasteiger charge is -2.62. The number of rotatable bonds is 0. The highest BCUT2D eigenvalue weighted by molar-refractivity contribution is 5.10. The van der Waals surface area contributed by atoms with Crippen molar-refractivity contribution >= 4 is 0 Å². The minimum atomic E-state index is -0.831. The van der Waals surface area contributed by atoms with Crippen LogP contribution in [-0.4, -0.2) is 5.67 Å². The molecule has 2 saturated carbocycles. The summed E-state index contributed by atoms with van der Waals surface area (Å²) in [6, 6.07) is 0. The zero-order valence-electron chi connectivity index (χ0n) is 9.28. The fourth-order valence-corrected chi connectivity index (χ4v) is 3.40. The van der Waals surface area contributed by atoms with E-state index >= 15 is 0 Å². The SMILES string of the molecule is CC1(F)CC2(CC(C(C)(C)C)C2)C1. The molecule has 76 valence electrons. The third-order valence-electron chi connectivity index (χ3n) is 4.07. The molecular weight excluding hydrogens is 163 g/mol. The van der Waals surface area contributed by atoms with Crippen LogP contribution in [0.2, 0.25) is 0 Å². The van der Waals surface area contributed by atoms with E-state index in [1.807, 2.05) is 0 Å². The molecule has 2 aliphatic rings. The van der Waals surface area contributed by atoms with Crippen molar-refractivity contribution in [2.75, 3.05) is 0 Å². The summed E-state index contributed by atoms with van der Waals surface area (Å²) in [6.45, 7) is 8.66. The van der Waals surface area contributed by atoms with Gasteiger partial charge in [0.05, 0.1) is 0 Å². The second-order valence-electron chi connectivity index (χ2n) is 6.74. The monoisotopic (exact) mass is 184 g/mol. The summed E-state index contributed by atoms with van der Waals surface area (Å²) < 4.78 is 13.3. The predicted molar refractivity (Wildman–Crippen MR) is 53.4 cm³/mol. The largest absolute Gasteiger partial charge is 0.244 e. The molecule has 0 bridgehead atoms. The van der Waals surface area contributed by atoms with Gasteiger partial charge >= 0.3 is 0 Å². The minimum absolute atomic E-state index is 0.432. The Kier molecular flexibility index (Phi) is 1.67. The lowest BCUT2D eigenvalue weighted by Crippen LogP contribution is -2.56. The molecular formula is C12H21F. The van der Waals surface area contributed by atoms with E-state index in [0.717, 1.165) is 18.8 Å². The van der Waals surface area contributed by atoms with Crippen molar-refractivity contribution in [1.29, 1.82) is 0 Å². The van der Waals surface area contributed by atoms with Gasteiger partial charge in [0.25, 0.3) is 0 Å². The maximum atomic E-state index is 13.3. The van der Waals surface area contributed by atoms with Crippen LogP contribution in [-0.2, 0) is 0 Å². The first-order valence-corrected chi connectivity index (χ1v) is 5.42. The van der Waals surface area contributed by atoms with E-state index in [9.17, 15) is 4.39 Å². The van der Waals surface area contributed by atoms with Gasteiger partial charge in [-0.25, -0.2) is 4.39 Å². The van der Waals surface area contributed by atoms with Crippen molar-refractivity contribution in [1.82, 2.24) is 0 Å². The van der Waals surface area contributed by atoms with Crippen LogP contribution in [0.25, 0.3) is 0 Å².